The Bertz CT molecular complexity index is 1350. The van der Waals surface area contributed by atoms with Crippen LogP contribution in [0.4, 0.5) is 14.9 Å². The summed E-state index contributed by atoms with van der Waals surface area (Å²) < 4.78 is 16.0. The number of halogens is 1. The summed E-state index contributed by atoms with van der Waals surface area (Å²) in [5, 5.41) is 4.32. The van der Waals surface area contributed by atoms with Crippen molar-refractivity contribution >= 4 is 23.1 Å². The van der Waals surface area contributed by atoms with Crippen molar-refractivity contribution in [1.82, 2.24) is 9.47 Å². The summed E-state index contributed by atoms with van der Waals surface area (Å²) in [5.74, 6) is -0.281. The third kappa shape index (κ3) is 3.62. The van der Waals surface area contributed by atoms with Crippen LogP contribution in [-0.4, -0.2) is 15.5 Å². The van der Waals surface area contributed by atoms with Gasteiger partial charge in [0.1, 0.15) is 10.8 Å². The number of rotatable bonds is 2. The number of nitrogens with zero attached hydrogens (tertiary/aromatic N) is 2. The van der Waals surface area contributed by atoms with Crippen LogP contribution in [0.25, 0.3) is 5.00 Å². The molecule has 4 aromatic rings. The number of hydrogen-bond acceptors (Lipinski definition) is 2. The molecule has 2 aliphatic rings. The van der Waals surface area contributed by atoms with Gasteiger partial charge in [0.15, 0.2) is 0 Å². The molecule has 6 heteroatoms. The number of carbonyl (C=O) groups is 1. The maximum Gasteiger partial charge on any atom is 0.322 e. The first-order valence-corrected chi connectivity index (χ1v) is 12.6. The first kappa shape index (κ1) is 21.2. The van der Waals surface area contributed by atoms with Gasteiger partial charge in [0.2, 0.25) is 0 Å². The molecule has 0 saturated heterocycles. The van der Waals surface area contributed by atoms with E-state index in [1.165, 1.54) is 46.0 Å². The van der Waals surface area contributed by atoms with Crippen molar-refractivity contribution in [3.8, 4) is 5.00 Å². The monoisotopic (exact) mass is 471 g/mol. The number of aryl methyl sites for hydroxylation is 2. The van der Waals surface area contributed by atoms with Gasteiger partial charge in [-0.25, -0.2) is 9.18 Å². The van der Waals surface area contributed by atoms with Gasteiger partial charge < -0.3 is 14.8 Å². The summed E-state index contributed by atoms with van der Waals surface area (Å²) in [5.41, 5.74) is 6.48. The minimum atomic E-state index is -0.333. The molecule has 1 atom stereocenters. The smallest absolute Gasteiger partial charge is 0.310 e. The maximum absolute atomic E-state index is 13.8. The second kappa shape index (κ2) is 8.44. The summed E-state index contributed by atoms with van der Waals surface area (Å²) >= 11 is 1.86. The fourth-order valence-corrected chi connectivity index (χ4v) is 6.62. The SMILES string of the molecule is Cc1ccc(NC(=O)N2Cc3c(sc4c3CCCC4)-n3cccc3C2c2ccc(F)cc2)cc1. The largest absolute Gasteiger partial charge is 0.322 e. The summed E-state index contributed by atoms with van der Waals surface area (Å²) in [6.45, 7) is 2.54. The highest BCUT2D eigenvalue weighted by Crippen LogP contribution is 2.44. The van der Waals surface area contributed by atoms with Gasteiger partial charge in [-0.2, -0.15) is 0 Å². The average molecular weight is 472 g/mol. The van der Waals surface area contributed by atoms with Gasteiger partial charge in [-0.3, -0.25) is 0 Å². The molecule has 4 nitrogen and oxygen atoms in total. The Morgan fingerprint density at radius 1 is 1.00 bits per heavy atom. The van der Waals surface area contributed by atoms with Gasteiger partial charge in [-0.05, 0) is 80.1 Å². The van der Waals surface area contributed by atoms with E-state index in [0.29, 0.717) is 6.54 Å². The van der Waals surface area contributed by atoms with Crippen LogP contribution in [0.2, 0.25) is 0 Å². The van der Waals surface area contributed by atoms with Crippen molar-refractivity contribution in [2.75, 3.05) is 5.32 Å². The Labute approximate surface area is 202 Å². The Hall–Kier alpha value is -3.38. The number of benzene rings is 2. The van der Waals surface area contributed by atoms with E-state index in [9.17, 15) is 9.18 Å². The number of amides is 2. The van der Waals surface area contributed by atoms with E-state index >= 15 is 0 Å². The zero-order chi connectivity index (χ0) is 23.2. The number of carbonyl (C=O) groups excluding carboxylic acids is 1. The first-order chi connectivity index (χ1) is 16.6. The molecule has 2 aromatic heterocycles. The summed E-state index contributed by atoms with van der Waals surface area (Å²) in [7, 11) is 0. The van der Waals surface area contributed by atoms with E-state index in [2.05, 4.69) is 22.1 Å². The molecule has 1 aliphatic carbocycles. The molecular formula is C28H26FN3OS. The van der Waals surface area contributed by atoms with Gasteiger partial charge in [0, 0.05) is 22.3 Å². The molecule has 0 fully saturated rings. The van der Waals surface area contributed by atoms with Gasteiger partial charge in [-0.1, -0.05) is 29.8 Å². The number of fused-ring (bicyclic) bond motifs is 5. The van der Waals surface area contributed by atoms with Gasteiger partial charge in [0.25, 0.3) is 0 Å². The molecule has 0 spiro atoms. The Kier molecular flexibility index (Phi) is 5.26. The number of aromatic nitrogens is 1. The molecule has 3 heterocycles. The fourth-order valence-electron chi connectivity index (χ4n) is 5.21. The molecule has 2 amide bonds. The van der Waals surface area contributed by atoms with Crippen LogP contribution in [0.15, 0.2) is 66.9 Å². The molecule has 172 valence electrons. The number of anilines is 1. The second-order valence-corrected chi connectivity index (χ2v) is 10.3. The molecule has 1 aliphatic heterocycles. The minimum absolute atomic E-state index is 0.158. The van der Waals surface area contributed by atoms with Crippen molar-refractivity contribution in [3.05, 3.63) is 106 Å². The second-order valence-electron chi connectivity index (χ2n) is 9.18. The van der Waals surface area contributed by atoms with E-state index in [4.69, 9.17) is 0 Å². The molecule has 0 saturated carbocycles. The van der Waals surface area contributed by atoms with Gasteiger partial charge in [-0.15, -0.1) is 11.3 Å². The molecule has 6 rings (SSSR count). The first-order valence-electron chi connectivity index (χ1n) is 11.8. The predicted molar refractivity (Wildman–Crippen MR) is 134 cm³/mol. The zero-order valence-electron chi connectivity index (χ0n) is 19.1. The van der Waals surface area contributed by atoms with E-state index < -0.39 is 0 Å². The van der Waals surface area contributed by atoms with Crippen molar-refractivity contribution in [2.45, 2.75) is 45.2 Å². The Morgan fingerprint density at radius 2 is 1.76 bits per heavy atom. The lowest BCUT2D eigenvalue weighted by Crippen LogP contribution is -2.38. The highest BCUT2D eigenvalue weighted by Gasteiger charge is 2.36. The molecule has 34 heavy (non-hydrogen) atoms. The van der Waals surface area contributed by atoms with Gasteiger partial charge in [0.05, 0.1) is 18.3 Å². The van der Waals surface area contributed by atoms with Crippen LogP contribution >= 0.6 is 11.3 Å². The van der Waals surface area contributed by atoms with Gasteiger partial charge >= 0.3 is 6.03 Å². The fraction of sp³-hybridized carbons (Fsp3) is 0.250. The van der Waals surface area contributed by atoms with Crippen molar-refractivity contribution in [2.24, 2.45) is 0 Å². The van der Waals surface area contributed by atoms with Crippen LogP contribution < -0.4 is 5.32 Å². The van der Waals surface area contributed by atoms with Crippen LogP contribution in [0.1, 0.15) is 51.7 Å². The lowest BCUT2D eigenvalue weighted by Gasteiger charge is -2.31. The standard InChI is InChI=1S/C28H26FN3OS/c1-18-8-14-21(15-9-18)30-28(33)32-17-23-22-5-2-3-7-25(22)34-27(23)31-16-4-6-24(31)26(32)19-10-12-20(29)13-11-19/h4,6,8-16,26H,2-3,5,7,17H2,1H3,(H,30,33). The molecule has 1 N–H and O–H groups in total. The van der Waals surface area contributed by atoms with Crippen molar-refractivity contribution < 1.29 is 9.18 Å². The normalized spacial score (nSPS) is 16.9. The highest BCUT2D eigenvalue weighted by molar-refractivity contribution is 7.15. The van der Waals surface area contributed by atoms with Crippen LogP contribution in [0.3, 0.4) is 0 Å². The third-order valence-corrected chi connectivity index (χ3v) is 8.26. The van der Waals surface area contributed by atoms with Crippen LogP contribution in [0, 0.1) is 12.7 Å². The molecule has 0 radical (unpaired) electrons. The molecule has 0 bridgehead atoms. The zero-order valence-corrected chi connectivity index (χ0v) is 19.9. The summed E-state index contributed by atoms with van der Waals surface area (Å²) in [6, 6.07) is 18.0. The number of nitrogens with one attached hydrogen (secondary N) is 1. The lowest BCUT2D eigenvalue weighted by atomic mass is 9.95. The molecule has 1 unspecified atom stereocenters. The number of urea groups is 1. The minimum Gasteiger partial charge on any atom is -0.310 e. The van der Waals surface area contributed by atoms with E-state index in [1.807, 2.05) is 53.5 Å². The maximum atomic E-state index is 13.8. The Morgan fingerprint density at radius 3 is 2.56 bits per heavy atom. The molecule has 2 aromatic carbocycles. The van der Waals surface area contributed by atoms with E-state index in [-0.39, 0.29) is 17.9 Å². The summed E-state index contributed by atoms with van der Waals surface area (Å²) in [6.07, 6.45) is 6.67. The van der Waals surface area contributed by atoms with Crippen molar-refractivity contribution in [1.29, 1.82) is 0 Å². The van der Waals surface area contributed by atoms with E-state index in [1.54, 1.807) is 12.1 Å². The van der Waals surface area contributed by atoms with Crippen molar-refractivity contribution in [3.63, 3.8) is 0 Å². The third-order valence-electron chi connectivity index (χ3n) is 6.93. The quantitative estimate of drug-likeness (QED) is 0.336. The number of thiophene rings is 1. The topological polar surface area (TPSA) is 37.3 Å². The molecular weight excluding hydrogens is 445 g/mol. The Balaban J connectivity index is 1.49. The summed E-state index contributed by atoms with van der Waals surface area (Å²) in [4.78, 5) is 17.2. The van der Waals surface area contributed by atoms with E-state index in [0.717, 1.165) is 35.3 Å². The average Bonchev–Trinajstić information content (AvgIpc) is 3.43. The lowest BCUT2D eigenvalue weighted by molar-refractivity contribution is 0.194. The van der Waals surface area contributed by atoms with Crippen LogP contribution in [0.5, 0.6) is 0 Å². The van der Waals surface area contributed by atoms with Crippen LogP contribution in [-0.2, 0) is 19.4 Å². The highest BCUT2D eigenvalue weighted by atomic mass is 32.1. The predicted octanol–water partition coefficient (Wildman–Crippen LogP) is 7.00. The number of hydrogen-bond donors (Lipinski definition) is 1.